The van der Waals surface area contributed by atoms with Gasteiger partial charge < -0.3 is 4.57 Å². The highest BCUT2D eigenvalue weighted by Crippen LogP contribution is 2.32. The summed E-state index contributed by atoms with van der Waals surface area (Å²) in [6, 6.07) is 7.86. The number of aryl methyl sites for hydroxylation is 1. The lowest BCUT2D eigenvalue weighted by Gasteiger charge is -2.20. The Hall–Kier alpha value is -2.85. The number of imidazole rings is 1. The molecule has 0 N–H and O–H groups in total. The first kappa shape index (κ1) is 21.4. The van der Waals surface area contributed by atoms with Gasteiger partial charge in [0.05, 0.1) is 16.8 Å². The van der Waals surface area contributed by atoms with Crippen LogP contribution in [0.3, 0.4) is 0 Å². The van der Waals surface area contributed by atoms with Crippen LogP contribution in [0.1, 0.15) is 6.42 Å². The van der Waals surface area contributed by atoms with E-state index >= 15 is 0 Å². The number of benzene rings is 2. The van der Waals surface area contributed by atoms with Crippen molar-refractivity contribution in [2.45, 2.75) is 17.9 Å². The predicted molar refractivity (Wildman–Crippen MR) is 116 cm³/mol. The summed E-state index contributed by atoms with van der Waals surface area (Å²) in [7, 11) is 0. The maximum absolute atomic E-state index is 14.1. The molecule has 0 aliphatic rings. The van der Waals surface area contributed by atoms with Crippen LogP contribution in [-0.2, 0) is 11.3 Å². The highest BCUT2D eigenvalue weighted by Gasteiger charge is 2.21. The van der Waals surface area contributed by atoms with E-state index in [0.29, 0.717) is 29.3 Å². The van der Waals surface area contributed by atoms with Gasteiger partial charge in [0, 0.05) is 36.4 Å². The molecule has 2 aromatic carbocycles. The van der Waals surface area contributed by atoms with Crippen molar-refractivity contribution < 1.29 is 18.0 Å². The van der Waals surface area contributed by atoms with E-state index in [9.17, 15) is 18.0 Å². The van der Waals surface area contributed by atoms with Gasteiger partial charge in [-0.05, 0) is 36.8 Å². The average molecular weight is 463 g/mol. The average Bonchev–Trinajstić information content (AvgIpc) is 3.40. The molecule has 0 spiro atoms. The van der Waals surface area contributed by atoms with Gasteiger partial charge in [-0.15, -0.1) is 11.8 Å². The van der Waals surface area contributed by atoms with Crippen molar-refractivity contribution in [2.24, 2.45) is 0 Å². The number of thiazole rings is 1. The lowest BCUT2D eigenvalue weighted by atomic mass is 10.3. The van der Waals surface area contributed by atoms with E-state index < -0.39 is 11.6 Å². The fourth-order valence-electron chi connectivity index (χ4n) is 2.97. The summed E-state index contributed by atoms with van der Waals surface area (Å²) >= 11 is 2.34. The van der Waals surface area contributed by atoms with Crippen molar-refractivity contribution in [3.05, 3.63) is 72.6 Å². The molecule has 0 radical (unpaired) electrons. The van der Waals surface area contributed by atoms with Gasteiger partial charge in [0.25, 0.3) is 0 Å². The molecular formula is C21H17F3N4OS2. The van der Waals surface area contributed by atoms with Crippen LogP contribution in [0.15, 0.2) is 60.0 Å². The largest absolute Gasteiger partial charge is 0.337 e. The zero-order valence-electron chi connectivity index (χ0n) is 16.2. The van der Waals surface area contributed by atoms with Crippen LogP contribution < -0.4 is 4.90 Å². The Morgan fingerprint density at radius 1 is 1.13 bits per heavy atom. The number of hydrogen-bond donors (Lipinski definition) is 0. The Bertz CT molecular complexity index is 1180. The molecule has 10 heteroatoms. The van der Waals surface area contributed by atoms with Crippen LogP contribution in [0.2, 0.25) is 0 Å². The molecule has 2 heterocycles. The summed E-state index contributed by atoms with van der Waals surface area (Å²) < 4.78 is 43.0. The zero-order valence-corrected chi connectivity index (χ0v) is 17.8. The molecule has 5 nitrogen and oxygen atoms in total. The molecular weight excluding hydrogens is 445 g/mol. The van der Waals surface area contributed by atoms with Gasteiger partial charge in [0.2, 0.25) is 5.91 Å². The van der Waals surface area contributed by atoms with E-state index in [2.05, 4.69) is 9.97 Å². The number of carbonyl (C=O) groups excluding carboxylic acids is 1. The highest BCUT2D eigenvalue weighted by molar-refractivity contribution is 8.00. The molecule has 4 aromatic rings. The number of halogens is 3. The molecule has 0 unspecified atom stereocenters. The Morgan fingerprint density at radius 3 is 2.68 bits per heavy atom. The standard InChI is InChI=1S/C21H17F3N4OS2/c22-14-2-4-16(5-3-14)30-12-19(29)28(8-1-7-27-9-6-25-13-27)21-26-20-17(24)10-15(23)11-18(20)31-21/h2-6,9-11,13H,1,7-8,12H2. The molecule has 1 amide bonds. The summed E-state index contributed by atoms with van der Waals surface area (Å²) in [4.78, 5) is 23.5. The van der Waals surface area contributed by atoms with Crippen LogP contribution in [0, 0.1) is 17.5 Å². The topological polar surface area (TPSA) is 51.0 Å². The number of carbonyl (C=O) groups is 1. The van der Waals surface area contributed by atoms with Gasteiger partial charge in [-0.3, -0.25) is 9.69 Å². The van der Waals surface area contributed by atoms with Gasteiger partial charge in [-0.1, -0.05) is 11.3 Å². The fraction of sp³-hybridized carbons (Fsp3) is 0.190. The second-order valence-electron chi connectivity index (χ2n) is 6.67. The number of fused-ring (bicyclic) bond motifs is 1. The van der Waals surface area contributed by atoms with Gasteiger partial charge in [-0.2, -0.15) is 0 Å². The minimum absolute atomic E-state index is 0.0417. The summed E-state index contributed by atoms with van der Waals surface area (Å²) in [5.41, 5.74) is 0.0417. The van der Waals surface area contributed by atoms with E-state index in [-0.39, 0.29) is 23.0 Å². The van der Waals surface area contributed by atoms with Crippen molar-refractivity contribution in [2.75, 3.05) is 17.2 Å². The zero-order chi connectivity index (χ0) is 21.8. The summed E-state index contributed by atoms with van der Waals surface area (Å²) in [6.07, 6.45) is 5.81. The number of thioether (sulfide) groups is 1. The maximum atomic E-state index is 14.1. The van der Waals surface area contributed by atoms with E-state index in [4.69, 9.17) is 0 Å². The number of nitrogens with zero attached hydrogens (tertiary/aromatic N) is 4. The number of aromatic nitrogens is 3. The summed E-state index contributed by atoms with van der Waals surface area (Å²) in [5.74, 6) is -1.92. The minimum Gasteiger partial charge on any atom is -0.337 e. The second kappa shape index (κ2) is 9.52. The fourth-order valence-corrected chi connectivity index (χ4v) is 4.79. The van der Waals surface area contributed by atoms with Crippen LogP contribution in [0.4, 0.5) is 18.3 Å². The van der Waals surface area contributed by atoms with E-state index in [1.165, 1.54) is 34.9 Å². The van der Waals surface area contributed by atoms with E-state index in [0.717, 1.165) is 22.3 Å². The Balaban J connectivity index is 1.53. The molecule has 0 aliphatic heterocycles. The molecule has 4 rings (SSSR count). The third-order valence-corrected chi connectivity index (χ3v) is 6.49. The van der Waals surface area contributed by atoms with Crippen LogP contribution in [0.25, 0.3) is 10.2 Å². The number of anilines is 1. The summed E-state index contributed by atoms with van der Waals surface area (Å²) in [5, 5.41) is 0.315. The lowest BCUT2D eigenvalue weighted by molar-refractivity contribution is -0.116. The van der Waals surface area contributed by atoms with E-state index in [1.54, 1.807) is 24.7 Å². The molecule has 2 aromatic heterocycles. The monoisotopic (exact) mass is 462 g/mol. The number of amides is 1. The first-order valence-corrected chi connectivity index (χ1v) is 11.2. The first-order chi connectivity index (χ1) is 15.0. The molecule has 0 fully saturated rings. The van der Waals surface area contributed by atoms with Crippen molar-refractivity contribution in [3.8, 4) is 0 Å². The van der Waals surface area contributed by atoms with Crippen molar-refractivity contribution in [1.29, 1.82) is 0 Å². The van der Waals surface area contributed by atoms with Crippen LogP contribution in [0.5, 0.6) is 0 Å². The van der Waals surface area contributed by atoms with Crippen LogP contribution >= 0.6 is 23.1 Å². The smallest absolute Gasteiger partial charge is 0.239 e. The molecule has 0 bridgehead atoms. The van der Waals surface area contributed by atoms with Gasteiger partial charge in [0.15, 0.2) is 10.9 Å². The Morgan fingerprint density at radius 2 is 1.94 bits per heavy atom. The normalized spacial score (nSPS) is 11.2. The highest BCUT2D eigenvalue weighted by atomic mass is 32.2. The van der Waals surface area contributed by atoms with Crippen molar-refractivity contribution in [1.82, 2.24) is 14.5 Å². The third kappa shape index (κ3) is 5.26. The van der Waals surface area contributed by atoms with Crippen LogP contribution in [-0.4, -0.2) is 32.7 Å². The maximum Gasteiger partial charge on any atom is 0.239 e. The third-order valence-electron chi connectivity index (χ3n) is 4.47. The lowest BCUT2D eigenvalue weighted by Crippen LogP contribution is -2.33. The Kier molecular flexibility index (Phi) is 6.57. The van der Waals surface area contributed by atoms with Crippen molar-refractivity contribution in [3.63, 3.8) is 0 Å². The molecule has 0 saturated heterocycles. The number of hydrogen-bond acceptors (Lipinski definition) is 5. The molecule has 0 aliphatic carbocycles. The van der Waals surface area contributed by atoms with E-state index in [1.807, 2.05) is 10.8 Å². The Labute approximate surface area is 184 Å². The van der Waals surface area contributed by atoms with Gasteiger partial charge in [0.1, 0.15) is 17.2 Å². The van der Waals surface area contributed by atoms with Gasteiger partial charge in [-0.25, -0.2) is 23.1 Å². The quantitative estimate of drug-likeness (QED) is 0.341. The molecule has 0 atom stereocenters. The summed E-state index contributed by atoms with van der Waals surface area (Å²) in [6.45, 7) is 0.994. The molecule has 31 heavy (non-hydrogen) atoms. The van der Waals surface area contributed by atoms with Gasteiger partial charge >= 0.3 is 0 Å². The number of rotatable bonds is 8. The predicted octanol–water partition coefficient (Wildman–Crippen LogP) is 5.13. The SMILES string of the molecule is O=C(CSc1ccc(F)cc1)N(CCCn1ccnc1)c1nc2c(F)cc(F)cc2s1. The van der Waals surface area contributed by atoms with Crippen molar-refractivity contribution >= 4 is 44.4 Å². The molecule has 160 valence electrons. The minimum atomic E-state index is -0.760. The first-order valence-electron chi connectivity index (χ1n) is 9.39. The molecule has 0 saturated carbocycles. The second-order valence-corrected chi connectivity index (χ2v) is 8.73.